The van der Waals surface area contributed by atoms with E-state index in [0.29, 0.717) is 22.5 Å². The molecule has 5 rings (SSSR count). The summed E-state index contributed by atoms with van der Waals surface area (Å²) in [4.78, 5) is 19.9. The number of hydrogen-bond acceptors (Lipinski definition) is 3. The van der Waals surface area contributed by atoms with Crippen LogP contribution in [0, 0.1) is 5.92 Å². The molecule has 138 valence electrons. The molecule has 0 amide bonds. The van der Waals surface area contributed by atoms with Crippen LogP contribution >= 0.6 is 11.6 Å². The smallest absolute Gasteiger partial charge is 0.354 e. The third-order valence-corrected chi connectivity index (χ3v) is 6.08. The van der Waals surface area contributed by atoms with Crippen molar-refractivity contribution < 1.29 is 0 Å². The second kappa shape index (κ2) is 6.38. The van der Waals surface area contributed by atoms with Gasteiger partial charge in [-0.2, -0.15) is 4.98 Å². The molecule has 2 heterocycles. The second-order valence-electron chi connectivity index (χ2n) is 7.90. The summed E-state index contributed by atoms with van der Waals surface area (Å²) in [6.07, 6.45) is 3.59. The number of anilines is 1. The van der Waals surface area contributed by atoms with Crippen molar-refractivity contribution in [2.45, 2.75) is 32.1 Å². The molecule has 2 aromatic carbocycles. The van der Waals surface area contributed by atoms with E-state index < -0.39 is 0 Å². The maximum atomic E-state index is 13.1. The van der Waals surface area contributed by atoms with Crippen molar-refractivity contribution in [1.29, 1.82) is 0 Å². The minimum atomic E-state index is -0.266. The van der Waals surface area contributed by atoms with E-state index in [4.69, 9.17) is 11.6 Å². The second-order valence-corrected chi connectivity index (χ2v) is 8.30. The normalized spacial score (nSPS) is 19.8. The SMILES string of the molecule is CC1CCN(c2nc(=O)n(-c3ccccc3Cl)c3cc(C4CC4)ccc23)C1. The van der Waals surface area contributed by atoms with Crippen LogP contribution in [0.1, 0.15) is 37.7 Å². The van der Waals surface area contributed by atoms with E-state index in [-0.39, 0.29) is 5.69 Å². The molecular formula is C22H22ClN3O. The number of hydrogen-bond donors (Lipinski definition) is 0. The zero-order valence-electron chi connectivity index (χ0n) is 15.4. The summed E-state index contributed by atoms with van der Waals surface area (Å²) in [6.45, 7) is 4.14. The van der Waals surface area contributed by atoms with E-state index in [1.807, 2.05) is 24.3 Å². The molecule has 2 fully saturated rings. The van der Waals surface area contributed by atoms with Gasteiger partial charge in [0.1, 0.15) is 5.82 Å². The quantitative estimate of drug-likeness (QED) is 0.658. The van der Waals surface area contributed by atoms with E-state index in [1.165, 1.54) is 18.4 Å². The highest BCUT2D eigenvalue weighted by molar-refractivity contribution is 6.32. The molecule has 1 saturated heterocycles. The minimum absolute atomic E-state index is 0.266. The zero-order valence-corrected chi connectivity index (χ0v) is 16.1. The highest BCUT2D eigenvalue weighted by Gasteiger charge is 2.27. The van der Waals surface area contributed by atoms with Crippen LogP contribution in [-0.4, -0.2) is 22.6 Å². The molecule has 0 radical (unpaired) electrons. The first-order valence-electron chi connectivity index (χ1n) is 9.68. The predicted molar refractivity (Wildman–Crippen MR) is 110 cm³/mol. The van der Waals surface area contributed by atoms with Crippen molar-refractivity contribution in [1.82, 2.24) is 9.55 Å². The lowest BCUT2D eigenvalue weighted by Crippen LogP contribution is -2.28. The van der Waals surface area contributed by atoms with Crippen LogP contribution in [0.25, 0.3) is 16.6 Å². The largest absolute Gasteiger partial charge is 0.356 e. The van der Waals surface area contributed by atoms with Gasteiger partial charge in [0.05, 0.1) is 16.2 Å². The van der Waals surface area contributed by atoms with Crippen LogP contribution in [-0.2, 0) is 0 Å². The van der Waals surface area contributed by atoms with Crippen molar-refractivity contribution in [3.05, 3.63) is 63.5 Å². The van der Waals surface area contributed by atoms with E-state index in [2.05, 4.69) is 35.0 Å². The van der Waals surface area contributed by atoms with Crippen LogP contribution in [0.5, 0.6) is 0 Å². The highest BCUT2D eigenvalue weighted by atomic mass is 35.5. The summed E-state index contributed by atoms with van der Waals surface area (Å²) >= 11 is 6.43. The molecule has 1 unspecified atom stereocenters. The lowest BCUT2D eigenvalue weighted by Gasteiger charge is -2.21. The van der Waals surface area contributed by atoms with Crippen LogP contribution in [0.3, 0.4) is 0 Å². The topological polar surface area (TPSA) is 38.1 Å². The Bertz CT molecular complexity index is 1090. The van der Waals surface area contributed by atoms with Crippen molar-refractivity contribution in [2.75, 3.05) is 18.0 Å². The van der Waals surface area contributed by atoms with Gasteiger partial charge in [-0.3, -0.25) is 4.57 Å². The molecule has 0 N–H and O–H groups in total. The van der Waals surface area contributed by atoms with E-state index >= 15 is 0 Å². The Labute approximate surface area is 163 Å². The Kier molecular flexibility index (Phi) is 3.97. The molecule has 3 aromatic rings. The standard InChI is InChI=1S/C22H22ClN3O/c1-14-10-11-25(13-14)21-17-9-8-16(15-6-7-15)12-20(17)26(22(27)24-21)19-5-3-2-4-18(19)23/h2-5,8-9,12,14-15H,6-7,10-11,13H2,1H3. The monoisotopic (exact) mass is 379 g/mol. The van der Waals surface area contributed by atoms with Crippen LogP contribution in [0.15, 0.2) is 47.3 Å². The first-order chi connectivity index (χ1) is 13.1. The summed E-state index contributed by atoms with van der Waals surface area (Å²) in [5, 5.41) is 1.58. The average Bonchev–Trinajstić information content (AvgIpc) is 3.43. The van der Waals surface area contributed by atoms with Gasteiger partial charge in [0.2, 0.25) is 0 Å². The number of nitrogens with zero attached hydrogens (tertiary/aromatic N) is 3. The molecule has 1 aromatic heterocycles. The van der Waals surface area contributed by atoms with Crippen molar-refractivity contribution in [2.24, 2.45) is 5.92 Å². The van der Waals surface area contributed by atoms with Gasteiger partial charge < -0.3 is 4.90 Å². The molecule has 27 heavy (non-hydrogen) atoms. The van der Waals surface area contributed by atoms with Gasteiger partial charge in [-0.15, -0.1) is 0 Å². The summed E-state index contributed by atoms with van der Waals surface area (Å²) in [6, 6.07) is 14.0. The summed E-state index contributed by atoms with van der Waals surface area (Å²) in [5.41, 5.74) is 2.63. The Balaban J connectivity index is 1.79. The third-order valence-electron chi connectivity index (χ3n) is 5.76. The van der Waals surface area contributed by atoms with Gasteiger partial charge in [0, 0.05) is 18.5 Å². The Morgan fingerprint density at radius 3 is 2.63 bits per heavy atom. The average molecular weight is 380 g/mol. The van der Waals surface area contributed by atoms with Crippen molar-refractivity contribution in [3.63, 3.8) is 0 Å². The summed E-state index contributed by atoms with van der Waals surface area (Å²) in [5.74, 6) is 2.05. The van der Waals surface area contributed by atoms with Gasteiger partial charge >= 0.3 is 5.69 Å². The number of aromatic nitrogens is 2. The maximum absolute atomic E-state index is 13.1. The molecule has 1 atom stereocenters. The lowest BCUT2D eigenvalue weighted by atomic mass is 10.1. The van der Waals surface area contributed by atoms with Gasteiger partial charge in [-0.05, 0) is 60.9 Å². The predicted octanol–water partition coefficient (Wildman–Crippen LogP) is 4.76. The molecule has 1 saturated carbocycles. The van der Waals surface area contributed by atoms with Crippen molar-refractivity contribution in [3.8, 4) is 5.69 Å². The highest BCUT2D eigenvalue weighted by Crippen LogP contribution is 2.42. The number of fused-ring (bicyclic) bond motifs is 1. The van der Waals surface area contributed by atoms with Gasteiger partial charge in [-0.25, -0.2) is 4.79 Å². The number of halogens is 1. The van der Waals surface area contributed by atoms with Gasteiger partial charge in [0.25, 0.3) is 0 Å². The third kappa shape index (κ3) is 2.92. The zero-order chi connectivity index (χ0) is 18.5. The molecular weight excluding hydrogens is 358 g/mol. The molecule has 0 bridgehead atoms. The number of benzene rings is 2. The molecule has 4 nitrogen and oxygen atoms in total. The van der Waals surface area contributed by atoms with Crippen LogP contribution < -0.4 is 10.6 Å². The molecule has 2 aliphatic rings. The maximum Gasteiger partial charge on any atom is 0.354 e. The first-order valence-corrected chi connectivity index (χ1v) is 10.1. The molecule has 0 spiro atoms. The van der Waals surface area contributed by atoms with E-state index in [0.717, 1.165) is 36.2 Å². The summed E-state index contributed by atoms with van der Waals surface area (Å²) in [7, 11) is 0. The minimum Gasteiger partial charge on any atom is -0.356 e. The Morgan fingerprint density at radius 2 is 1.93 bits per heavy atom. The fourth-order valence-corrected chi connectivity index (χ4v) is 4.35. The fourth-order valence-electron chi connectivity index (χ4n) is 4.13. The number of para-hydroxylation sites is 1. The Morgan fingerprint density at radius 1 is 1.11 bits per heavy atom. The van der Waals surface area contributed by atoms with E-state index in [9.17, 15) is 4.79 Å². The number of rotatable bonds is 3. The van der Waals surface area contributed by atoms with E-state index in [1.54, 1.807) is 4.57 Å². The van der Waals surface area contributed by atoms with Crippen LogP contribution in [0.2, 0.25) is 5.02 Å². The molecule has 1 aliphatic heterocycles. The molecule has 1 aliphatic carbocycles. The van der Waals surface area contributed by atoms with Gasteiger partial charge in [-0.1, -0.05) is 36.7 Å². The van der Waals surface area contributed by atoms with Gasteiger partial charge in [0.15, 0.2) is 0 Å². The lowest BCUT2D eigenvalue weighted by molar-refractivity contribution is 0.659. The van der Waals surface area contributed by atoms with Crippen molar-refractivity contribution >= 4 is 28.3 Å². The van der Waals surface area contributed by atoms with Crippen LogP contribution in [0.4, 0.5) is 5.82 Å². The first kappa shape index (κ1) is 16.8. The molecule has 5 heteroatoms. The Hall–Kier alpha value is -2.33. The summed E-state index contributed by atoms with van der Waals surface area (Å²) < 4.78 is 1.67. The fraction of sp³-hybridized carbons (Fsp3) is 0.364.